The van der Waals surface area contributed by atoms with Crippen LogP contribution in [0.2, 0.25) is 0 Å². The highest BCUT2D eigenvalue weighted by atomic mass is 35.5. The Hall–Kier alpha value is -2.21. The van der Waals surface area contributed by atoms with E-state index in [-0.39, 0.29) is 17.1 Å². The van der Waals surface area contributed by atoms with Crippen molar-refractivity contribution in [2.45, 2.75) is 11.4 Å². The molecule has 1 aliphatic heterocycles. The van der Waals surface area contributed by atoms with Gasteiger partial charge in [-0.05, 0) is 12.1 Å². The number of halogens is 1. The van der Waals surface area contributed by atoms with Crippen LogP contribution in [-0.4, -0.2) is 29.7 Å². The molecule has 0 spiro atoms. The number of carbonyl (C=O) groups excluding carboxylic acids is 2. The molecule has 0 saturated carbocycles. The lowest BCUT2D eigenvalue weighted by Gasteiger charge is -2.15. The summed E-state index contributed by atoms with van der Waals surface area (Å²) in [4.78, 5) is 25.0. The van der Waals surface area contributed by atoms with Crippen LogP contribution in [-0.2, 0) is 4.79 Å². The SMILES string of the molecule is O=C(c1ccccc1)c1ccccc1NC(=O)C1NNCC1Cl. The molecule has 0 aliphatic carbocycles. The van der Waals surface area contributed by atoms with Gasteiger partial charge in [-0.2, -0.15) is 0 Å². The lowest BCUT2D eigenvalue weighted by Crippen LogP contribution is -2.42. The summed E-state index contributed by atoms with van der Waals surface area (Å²) in [5, 5.41) is 2.45. The number of nitrogens with one attached hydrogen (secondary N) is 3. The minimum Gasteiger partial charge on any atom is -0.324 e. The van der Waals surface area contributed by atoms with E-state index in [0.717, 1.165) is 0 Å². The fraction of sp³-hybridized carbons (Fsp3) is 0.176. The smallest absolute Gasteiger partial charge is 0.244 e. The number of rotatable bonds is 4. The summed E-state index contributed by atoms with van der Waals surface area (Å²) in [6, 6.07) is 15.4. The summed E-state index contributed by atoms with van der Waals surface area (Å²) in [6.07, 6.45) is 0. The summed E-state index contributed by atoms with van der Waals surface area (Å²) < 4.78 is 0. The summed E-state index contributed by atoms with van der Waals surface area (Å²) >= 11 is 6.08. The van der Waals surface area contributed by atoms with E-state index in [4.69, 9.17) is 11.6 Å². The van der Waals surface area contributed by atoms with E-state index < -0.39 is 6.04 Å². The quantitative estimate of drug-likeness (QED) is 0.592. The molecule has 3 rings (SSSR count). The zero-order valence-electron chi connectivity index (χ0n) is 12.3. The van der Waals surface area contributed by atoms with E-state index in [1.165, 1.54) is 0 Å². The van der Waals surface area contributed by atoms with Gasteiger partial charge in [0, 0.05) is 17.7 Å². The van der Waals surface area contributed by atoms with Gasteiger partial charge < -0.3 is 5.32 Å². The van der Waals surface area contributed by atoms with Gasteiger partial charge in [-0.25, -0.2) is 5.43 Å². The molecule has 6 heteroatoms. The van der Waals surface area contributed by atoms with Gasteiger partial charge in [-0.1, -0.05) is 42.5 Å². The molecule has 2 unspecified atom stereocenters. The van der Waals surface area contributed by atoms with Crippen molar-refractivity contribution >= 4 is 29.0 Å². The van der Waals surface area contributed by atoms with Crippen LogP contribution >= 0.6 is 11.6 Å². The highest BCUT2D eigenvalue weighted by molar-refractivity contribution is 6.24. The monoisotopic (exact) mass is 329 g/mol. The maximum absolute atomic E-state index is 12.6. The average molecular weight is 330 g/mol. The van der Waals surface area contributed by atoms with Crippen molar-refractivity contribution < 1.29 is 9.59 Å². The van der Waals surface area contributed by atoms with Crippen molar-refractivity contribution in [2.75, 3.05) is 11.9 Å². The third kappa shape index (κ3) is 3.42. The predicted octanol–water partition coefficient (Wildman–Crippen LogP) is 1.94. The molecule has 0 radical (unpaired) electrons. The molecule has 1 saturated heterocycles. The molecule has 3 N–H and O–H groups in total. The molecule has 1 aliphatic rings. The normalized spacial score (nSPS) is 20.2. The Balaban J connectivity index is 1.84. The number of hydrazine groups is 1. The van der Waals surface area contributed by atoms with Crippen molar-refractivity contribution in [3.8, 4) is 0 Å². The molecule has 2 atom stereocenters. The number of ketones is 1. The van der Waals surface area contributed by atoms with Gasteiger partial charge in [0.05, 0.1) is 11.1 Å². The largest absolute Gasteiger partial charge is 0.324 e. The van der Waals surface area contributed by atoms with E-state index in [1.54, 1.807) is 48.5 Å². The molecule has 0 aromatic heterocycles. The molecule has 2 aromatic rings. The van der Waals surface area contributed by atoms with Gasteiger partial charge in [0.25, 0.3) is 0 Å². The van der Waals surface area contributed by atoms with Gasteiger partial charge in [-0.15, -0.1) is 11.6 Å². The molecular weight excluding hydrogens is 314 g/mol. The fourth-order valence-electron chi connectivity index (χ4n) is 2.45. The van der Waals surface area contributed by atoms with E-state index in [9.17, 15) is 9.59 Å². The number of amides is 1. The van der Waals surface area contributed by atoms with Gasteiger partial charge in [-0.3, -0.25) is 15.0 Å². The zero-order valence-corrected chi connectivity index (χ0v) is 13.0. The van der Waals surface area contributed by atoms with Crippen LogP contribution in [0.5, 0.6) is 0 Å². The van der Waals surface area contributed by atoms with Crippen LogP contribution in [0, 0.1) is 0 Å². The number of hydrogen-bond donors (Lipinski definition) is 3. The molecular formula is C17H16ClN3O2. The zero-order chi connectivity index (χ0) is 16.2. The van der Waals surface area contributed by atoms with Crippen LogP contribution in [0.3, 0.4) is 0 Å². The Morgan fingerprint density at radius 2 is 1.74 bits per heavy atom. The molecule has 0 bridgehead atoms. The number of para-hydroxylation sites is 1. The Morgan fingerprint density at radius 3 is 2.43 bits per heavy atom. The second-order valence-corrected chi connectivity index (χ2v) is 5.81. The van der Waals surface area contributed by atoms with E-state index >= 15 is 0 Å². The highest BCUT2D eigenvalue weighted by Crippen LogP contribution is 2.20. The number of anilines is 1. The summed E-state index contributed by atoms with van der Waals surface area (Å²) in [7, 11) is 0. The van der Waals surface area contributed by atoms with Crippen LogP contribution in [0.25, 0.3) is 0 Å². The Labute approximate surface area is 139 Å². The summed E-state index contributed by atoms with van der Waals surface area (Å²) in [5.41, 5.74) is 7.17. The molecule has 1 heterocycles. The molecule has 2 aromatic carbocycles. The van der Waals surface area contributed by atoms with E-state index in [2.05, 4.69) is 16.2 Å². The molecule has 1 amide bonds. The summed E-state index contributed by atoms with van der Waals surface area (Å²) in [5.74, 6) is -0.412. The van der Waals surface area contributed by atoms with Crippen molar-refractivity contribution in [3.63, 3.8) is 0 Å². The van der Waals surface area contributed by atoms with Crippen LogP contribution < -0.4 is 16.2 Å². The van der Waals surface area contributed by atoms with Crippen LogP contribution in [0.4, 0.5) is 5.69 Å². The first kappa shape index (κ1) is 15.7. The van der Waals surface area contributed by atoms with Crippen molar-refractivity contribution in [1.29, 1.82) is 0 Å². The molecule has 23 heavy (non-hydrogen) atoms. The number of benzene rings is 2. The second-order valence-electron chi connectivity index (χ2n) is 5.25. The van der Waals surface area contributed by atoms with Crippen molar-refractivity contribution in [1.82, 2.24) is 10.9 Å². The summed E-state index contributed by atoms with van der Waals surface area (Å²) in [6.45, 7) is 0.504. The first-order valence-electron chi connectivity index (χ1n) is 7.29. The minimum atomic E-state index is -0.545. The number of carbonyl (C=O) groups is 2. The number of alkyl halides is 1. The minimum absolute atomic E-state index is 0.138. The third-order valence-electron chi connectivity index (χ3n) is 3.66. The molecule has 118 valence electrons. The van der Waals surface area contributed by atoms with Crippen molar-refractivity contribution in [3.05, 3.63) is 65.7 Å². The highest BCUT2D eigenvalue weighted by Gasteiger charge is 2.31. The lowest BCUT2D eigenvalue weighted by atomic mass is 10.0. The van der Waals surface area contributed by atoms with Gasteiger partial charge in [0.2, 0.25) is 5.91 Å². The number of hydrogen-bond acceptors (Lipinski definition) is 4. The van der Waals surface area contributed by atoms with Gasteiger partial charge in [0.15, 0.2) is 5.78 Å². The molecule has 5 nitrogen and oxygen atoms in total. The Bertz CT molecular complexity index is 721. The first-order valence-corrected chi connectivity index (χ1v) is 7.72. The maximum Gasteiger partial charge on any atom is 0.244 e. The average Bonchev–Trinajstić information content (AvgIpc) is 3.02. The third-order valence-corrected chi connectivity index (χ3v) is 4.07. The van der Waals surface area contributed by atoms with Gasteiger partial charge >= 0.3 is 0 Å². The first-order chi connectivity index (χ1) is 11.2. The van der Waals surface area contributed by atoms with E-state index in [0.29, 0.717) is 23.4 Å². The van der Waals surface area contributed by atoms with Crippen molar-refractivity contribution in [2.24, 2.45) is 0 Å². The van der Waals surface area contributed by atoms with Crippen LogP contribution in [0.15, 0.2) is 54.6 Å². The van der Waals surface area contributed by atoms with Crippen LogP contribution in [0.1, 0.15) is 15.9 Å². The van der Waals surface area contributed by atoms with Gasteiger partial charge in [0.1, 0.15) is 6.04 Å². The fourth-order valence-corrected chi connectivity index (χ4v) is 2.70. The lowest BCUT2D eigenvalue weighted by molar-refractivity contribution is -0.117. The topological polar surface area (TPSA) is 70.2 Å². The Kier molecular flexibility index (Phi) is 4.71. The van der Waals surface area contributed by atoms with E-state index in [1.807, 2.05) is 6.07 Å². The maximum atomic E-state index is 12.6. The Morgan fingerprint density at radius 1 is 1.04 bits per heavy atom. The predicted molar refractivity (Wildman–Crippen MR) is 89.5 cm³/mol. The molecule has 1 fully saturated rings. The standard InChI is InChI=1S/C17H16ClN3O2/c18-13-10-19-21-15(13)17(23)20-14-9-5-4-8-12(14)16(22)11-6-2-1-3-7-11/h1-9,13,15,19,21H,10H2,(H,20,23). The second kappa shape index (κ2) is 6.91.